The molecule has 0 heterocycles. The van der Waals surface area contributed by atoms with Crippen molar-refractivity contribution in [3.05, 3.63) is 0 Å². The third-order valence-corrected chi connectivity index (χ3v) is 23.2. The van der Waals surface area contributed by atoms with Gasteiger partial charge in [-0.3, -0.25) is 37.3 Å². The standard InChI is InChI=1S/C90H176O17P2/c1-6-9-12-15-18-21-24-27-30-33-36-37-38-41-44-47-50-53-56-59-65-70-75-89(94)106-85(79-100-87(92)73-68-63-57-54-51-48-45-42-39-34-31-28-25-22-19-16-13-10-7-2)81-104-108(96,97)102-77-84(91)78-103-109(98,99)105-82-86(80-101-88(93)74-69-64-61-60-62-67-72-83(4)5)107-90(95)76-71-66-58-55-52-49-46-43-40-35-32-29-26-23-20-17-14-11-8-3/h83-86,91H,6-82H2,1-5H3,(H,96,97)(H,98,99)/t84-,85-,86-/m1/s1. The van der Waals surface area contributed by atoms with E-state index >= 15 is 0 Å². The van der Waals surface area contributed by atoms with Crippen LogP contribution in [0.25, 0.3) is 0 Å². The first-order valence-corrected chi connectivity index (χ1v) is 49.6. The lowest BCUT2D eigenvalue weighted by molar-refractivity contribution is -0.161. The summed E-state index contributed by atoms with van der Waals surface area (Å²) in [6.45, 7) is 7.30. The minimum Gasteiger partial charge on any atom is -0.462 e. The fourth-order valence-corrected chi connectivity index (χ4v) is 15.8. The van der Waals surface area contributed by atoms with E-state index in [9.17, 15) is 43.2 Å². The van der Waals surface area contributed by atoms with Gasteiger partial charge in [-0.05, 0) is 31.6 Å². The summed E-state index contributed by atoms with van der Waals surface area (Å²) >= 11 is 0. The number of aliphatic hydroxyl groups excluding tert-OH is 1. The molecule has 0 spiro atoms. The highest BCUT2D eigenvalue weighted by atomic mass is 31.2. The Labute approximate surface area is 670 Å². The monoisotopic (exact) mass is 1590 g/mol. The van der Waals surface area contributed by atoms with E-state index in [1.54, 1.807) is 0 Å². The molecule has 0 fully saturated rings. The van der Waals surface area contributed by atoms with Gasteiger partial charge in [-0.15, -0.1) is 0 Å². The van der Waals surface area contributed by atoms with Crippen LogP contribution >= 0.6 is 15.6 Å². The molecule has 0 aliphatic rings. The van der Waals surface area contributed by atoms with Gasteiger partial charge in [0.05, 0.1) is 26.4 Å². The van der Waals surface area contributed by atoms with Gasteiger partial charge in [0.1, 0.15) is 19.3 Å². The van der Waals surface area contributed by atoms with E-state index in [1.807, 2.05) is 0 Å². The average molecular weight is 1590 g/mol. The number of ether oxygens (including phenoxy) is 4. The quantitative estimate of drug-likeness (QED) is 0.0222. The van der Waals surface area contributed by atoms with Gasteiger partial charge in [-0.25, -0.2) is 9.13 Å². The van der Waals surface area contributed by atoms with Crippen molar-refractivity contribution in [1.82, 2.24) is 0 Å². The van der Waals surface area contributed by atoms with Crippen LogP contribution in [0.3, 0.4) is 0 Å². The van der Waals surface area contributed by atoms with Gasteiger partial charge < -0.3 is 33.8 Å². The molecule has 19 heteroatoms. The summed E-state index contributed by atoms with van der Waals surface area (Å²) in [6.07, 6.45) is 78.2. The molecule has 0 amide bonds. The van der Waals surface area contributed by atoms with Gasteiger partial charge in [-0.1, -0.05) is 439 Å². The van der Waals surface area contributed by atoms with Crippen LogP contribution in [-0.2, 0) is 65.4 Å². The maximum Gasteiger partial charge on any atom is 0.472 e. The second kappa shape index (κ2) is 82.6. The van der Waals surface area contributed by atoms with E-state index in [4.69, 9.17) is 37.0 Å². The smallest absolute Gasteiger partial charge is 0.462 e. The molecule has 0 saturated heterocycles. The molecule has 109 heavy (non-hydrogen) atoms. The fraction of sp³-hybridized carbons (Fsp3) is 0.956. The number of hydrogen-bond acceptors (Lipinski definition) is 15. The first-order valence-electron chi connectivity index (χ1n) is 46.6. The second-order valence-electron chi connectivity index (χ2n) is 32.8. The number of phosphoric ester groups is 2. The van der Waals surface area contributed by atoms with Crippen molar-refractivity contribution in [1.29, 1.82) is 0 Å². The number of carbonyl (C=O) groups is 4. The van der Waals surface area contributed by atoms with E-state index in [0.717, 1.165) is 96.3 Å². The summed E-state index contributed by atoms with van der Waals surface area (Å²) in [5, 5.41) is 10.7. The van der Waals surface area contributed by atoms with E-state index in [0.29, 0.717) is 31.6 Å². The van der Waals surface area contributed by atoms with Crippen LogP contribution in [0.15, 0.2) is 0 Å². The Bertz CT molecular complexity index is 2070. The number of rotatable bonds is 90. The summed E-state index contributed by atoms with van der Waals surface area (Å²) < 4.78 is 69.0. The summed E-state index contributed by atoms with van der Waals surface area (Å²) in [5.74, 6) is -1.42. The molecule has 5 atom stereocenters. The Kier molecular flexibility index (Phi) is 81.1. The molecule has 0 rings (SSSR count). The highest BCUT2D eigenvalue weighted by Crippen LogP contribution is 2.45. The zero-order chi connectivity index (χ0) is 79.7. The predicted octanol–water partition coefficient (Wildman–Crippen LogP) is 27.9. The largest absolute Gasteiger partial charge is 0.472 e. The van der Waals surface area contributed by atoms with Gasteiger partial charge in [0.15, 0.2) is 12.2 Å². The minimum atomic E-state index is -4.97. The topological polar surface area (TPSA) is 237 Å². The Hall–Kier alpha value is -1.94. The molecule has 0 radical (unpaired) electrons. The Morgan fingerprint density at radius 2 is 0.422 bits per heavy atom. The normalized spacial score (nSPS) is 13.7. The number of hydrogen-bond donors (Lipinski definition) is 3. The van der Waals surface area contributed by atoms with E-state index in [1.165, 1.54) is 308 Å². The van der Waals surface area contributed by atoms with Crippen molar-refractivity contribution in [2.24, 2.45) is 5.92 Å². The molecular weight excluding hydrogens is 1410 g/mol. The van der Waals surface area contributed by atoms with Crippen LogP contribution in [-0.4, -0.2) is 96.7 Å². The van der Waals surface area contributed by atoms with E-state index < -0.39 is 97.5 Å². The van der Waals surface area contributed by atoms with Gasteiger partial charge in [-0.2, -0.15) is 0 Å². The maximum atomic E-state index is 13.2. The van der Waals surface area contributed by atoms with Crippen LogP contribution in [0, 0.1) is 5.92 Å². The van der Waals surface area contributed by atoms with Crippen LogP contribution in [0.5, 0.6) is 0 Å². The molecule has 0 aliphatic heterocycles. The molecule has 0 aromatic heterocycles. The molecule has 17 nitrogen and oxygen atoms in total. The maximum absolute atomic E-state index is 13.2. The summed E-state index contributed by atoms with van der Waals surface area (Å²) in [7, 11) is -9.93. The van der Waals surface area contributed by atoms with Gasteiger partial charge in [0.2, 0.25) is 0 Å². The lowest BCUT2D eigenvalue weighted by Crippen LogP contribution is -2.30. The SMILES string of the molecule is CCCCCCCCCCCCCCCCCCCCCCCCC(=O)O[C@H](COC(=O)CCCCCCCCCCCCCCCCCCCCC)COP(=O)(O)OC[C@@H](O)COP(=O)(O)OC[C@@H](COC(=O)CCCCCCCCC(C)C)OC(=O)CCCCCCCCCCCCCCCCCCCCC. The molecular formula is C90H176O17P2. The molecule has 2 unspecified atom stereocenters. The van der Waals surface area contributed by atoms with Crippen molar-refractivity contribution in [3.63, 3.8) is 0 Å². The van der Waals surface area contributed by atoms with Crippen molar-refractivity contribution in [3.8, 4) is 0 Å². The number of phosphoric acid groups is 2. The van der Waals surface area contributed by atoms with Crippen molar-refractivity contribution in [2.75, 3.05) is 39.6 Å². The molecule has 0 saturated carbocycles. The molecule has 0 aromatic rings. The van der Waals surface area contributed by atoms with Crippen LogP contribution in [0.4, 0.5) is 0 Å². The number of carbonyl (C=O) groups excluding carboxylic acids is 4. The molecule has 0 bridgehead atoms. The number of aliphatic hydroxyl groups is 1. The van der Waals surface area contributed by atoms with Crippen LogP contribution in [0.1, 0.15) is 490 Å². The predicted molar refractivity (Wildman–Crippen MR) is 451 cm³/mol. The Morgan fingerprint density at radius 1 is 0.248 bits per heavy atom. The third-order valence-electron chi connectivity index (χ3n) is 21.3. The number of unbranched alkanes of at least 4 members (excludes halogenated alkanes) is 62. The van der Waals surface area contributed by atoms with Gasteiger partial charge >= 0.3 is 39.5 Å². The third kappa shape index (κ3) is 83.8. The lowest BCUT2D eigenvalue weighted by Gasteiger charge is -2.21. The molecule has 648 valence electrons. The second-order valence-corrected chi connectivity index (χ2v) is 35.7. The summed E-state index contributed by atoms with van der Waals surface area (Å²) in [6, 6.07) is 0. The van der Waals surface area contributed by atoms with E-state index in [-0.39, 0.29) is 25.7 Å². The lowest BCUT2D eigenvalue weighted by atomic mass is 10.0. The minimum absolute atomic E-state index is 0.108. The Morgan fingerprint density at radius 3 is 0.624 bits per heavy atom. The summed E-state index contributed by atoms with van der Waals surface area (Å²) in [4.78, 5) is 73.3. The van der Waals surface area contributed by atoms with Crippen molar-refractivity contribution < 1.29 is 80.2 Å². The van der Waals surface area contributed by atoms with Gasteiger partial charge in [0.25, 0.3) is 0 Å². The van der Waals surface area contributed by atoms with Crippen LogP contribution < -0.4 is 0 Å². The molecule has 3 N–H and O–H groups in total. The highest BCUT2D eigenvalue weighted by Gasteiger charge is 2.31. The first-order chi connectivity index (χ1) is 53.0. The van der Waals surface area contributed by atoms with Crippen LogP contribution in [0.2, 0.25) is 0 Å². The fourth-order valence-electron chi connectivity index (χ4n) is 14.2. The molecule has 0 aliphatic carbocycles. The molecule has 0 aromatic carbocycles. The highest BCUT2D eigenvalue weighted by molar-refractivity contribution is 7.47. The van der Waals surface area contributed by atoms with Crippen molar-refractivity contribution >= 4 is 39.5 Å². The van der Waals surface area contributed by atoms with Crippen molar-refractivity contribution in [2.45, 2.75) is 509 Å². The number of esters is 4. The first kappa shape index (κ1) is 107. The zero-order valence-corrected chi connectivity index (χ0v) is 73.5. The van der Waals surface area contributed by atoms with Gasteiger partial charge in [0, 0.05) is 25.7 Å². The zero-order valence-electron chi connectivity index (χ0n) is 71.7. The van der Waals surface area contributed by atoms with E-state index in [2.05, 4.69) is 34.6 Å². The Balaban J connectivity index is 5.19. The summed E-state index contributed by atoms with van der Waals surface area (Å²) in [5.41, 5.74) is 0. The average Bonchev–Trinajstić information content (AvgIpc) is 0.901.